The van der Waals surface area contributed by atoms with Crippen molar-refractivity contribution in [3.63, 3.8) is 0 Å². The number of hydrogen-bond acceptors (Lipinski definition) is 4. The van der Waals surface area contributed by atoms with Crippen LogP contribution in [0.4, 0.5) is 5.69 Å². The molecule has 0 radical (unpaired) electrons. The molecule has 25 heavy (non-hydrogen) atoms. The summed E-state index contributed by atoms with van der Waals surface area (Å²) in [5.74, 6) is 1.31. The fraction of sp³-hybridized carbons (Fsp3) is 0.316. The summed E-state index contributed by atoms with van der Waals surface area (Å²) in [6.07, 6.45) is 0.659. The number of nitrogens with one attached hydrogen (secondary N) is 1. The standard InChI is InChI=1S/C19H23N3O3/c1-19(23-12-13-24-19)10-11-21-18(20)22-15-6-5-9-17(14-15)25-16-7-3-2-4-8-16/h2-9,14H,10-13H2,1H3,(H3,20,21,22). The lowest BCUT2D eigenvalue weighted by Crippen LogP contribution is -2.28. The first kappa shape index (κ1) is 17.3. The van der Waals surface area contributed by atoms with Crippen molar-refractivity contribution < 1.29 is 14.2 Å². The van der Waals surface area contributed by atoms with Gasteiger partial charge in [0, 0.05) is 24.7 Å². The number of nitrogens with zero attached hydrogens (tertiary/aromatic N) is 1. The molecule has 0 unspecified atom stereocenters. The van der Waals surface area contributed by atoms with Crippen LogP contribution in [0.2, 0.25) is 0 Å². The molecule has 3 N–H and O–H groups in total. The van der Waals surface area contributed by atoms with E-state index in [9.17, 15) is 0 Å². The third-order valence-corrected chi connectivity index (χ3v) is 3.83. The van der Waals surface area contributed by atoms with Gasteiger partial charge in [-0.3, -0.25) is 4.99 Å². The Labute approximate surface area is 147 Å². The summed E-state index contributed by atoms with van der Waals surface area (Å²) in [6, 6.07) is 17.2. The van der Waals surface area contributed by atoms with E-state index in [4.69, 9.17) is 19.9 Å². The lowest BCUT2D eigenvalue weighted by atomic mass is 10.2. The van der Waals surface area contributed by atoms with Crippen LogP contribution in [0.25, 0.3) is 0 Å². The van der Waals surface area contributed by atoms with Crippen LogP contribution in [0.1, 0.15) is 13.3 Å². The van der Waals surface area contributed by atoms with Gasteiger partial charge in [-0.25, -0.2) is 0 Å². The predicted molar refractivity (Wildman–Crippen MR) is 98.0 cm³/mol. The van der Waals surface area contributed by atoms with Crippen LogP contribution in [0, 0.1) is 0 Å². The highest BCUT2D eigenvalue weighted by Gasteiger charge is 2.30. The van der Waals surface area contributed by atoms with Crippen molar-refractivity contribution in [2.75, 3.05) is 25.1 Å². The number of rotatable bonds is 6. The number of ether oxygens (including phenoxy) is 3. The number of hydrogen-bond donors (Lipinski definition) is 2. The van der Waals surface area contributed by atoms with Crippen molar-refractivity contribution in [3.8, 4) is 11.5 Å². The summed E-state index contributed by atoms with van der Waals surface area (Å²) >= 11 is 0. The summed E-state index contributed by atoms with van der Waals surface area (Å²) in [5, 5.41) is 3.07. The second-order valence-corrected chi connectivity index (χ2v) is 5.92. The van der Waals surface area contributed by atoms with Gasteiger partial charge in [-0.1, -0.05) is 24.3 Å². The molecule has 2 aromatic carbocycles. The highest BCUT2D eigenvalue weighted by molar-refractivity contribution is 5.92. The van der Waals surface area contributed by atoms with Crippen molar-refractivity contribution in [2.24, 2.45) is 10.7 Å². The normalized spacial score (nSPS) is 16.6. The highest BCUT2D eigenvalue weighted by atomic mass is 16.7. The van der Waals surface area contributed by atoms with Gasteiger partial charge in [-0.05, 0) is 31.2 Å². The maximum absolute atomic E-state index is 5.95. The minimum absolute atomic E-state index is 0.346. The first-order chi connectivity index (χ1) is 12.1. The molecule has 3 rings (SSSR count). The van der Waals surface area contributed by atoms with Crippen LogP contribution in [-0.2, 0) is 9.47 Å². The van der Waals surface area contributed by atoms with Gasteiger partial charge in [0.05, 0.1) is 13.2 Å². The zero-order valence-electron chi connectivity index (χ0n) is 14.3. The van der Waals surface area contributed by atoms with E-state index in [2.05, 4.69) is 10.3 Å². The molecule has 2 aromatic rings. The fourth-order valence-corrected chi connectivity index (χ4v) is 2.53. The molecule has 6 heteroatoms. The summed E-state index contributed by atoms with van der Waals surface area (Å²) in [7, 11) is 0. The van der Waals surface area contributed by atoms with E-state index >= 15 is 0 Å². The molecule has 0 saturated carbocycles. The van der Waals surface area contributed by atoms with Gasteiger partial charge < -0.3 is 25.3 Å². The van der Waals surface area contributed by atoms with Gasteiger partial charge in [0.25, 0.3) is 0 Å². The van der Waals surface area contributed by atoms with Crippen LogP contribution in [0.15, 0.2) is 59.6 Å². The molecule has 1 fully saturated rings. The van der Waals surface area contributed by atoms with Gasteiger partial charge in [-0.15, -0.1) is 0 Å². The molecule has 0 aliphatic carbocycles. The van der Waals surface area contributed by atoms with Crippen molar-refractivity contribution in [1.82, 2.24) is 0 Å². The first-order valence-corrected chi connectivity index (χ1v) is 8.31. The molecule has 1 saturated heterocycles. The summed E-state index contributed by atoms with van der Waals surface area (Å²) in [5.41, 5.74) is 6.77. The number of anilines is 1. The third kappa shape index (κ3) is 5.20. The average molecular weight is 341 g/mol. The van der Waals surface area contributed by atoms with Gasteiger partial charge in [0.15, 0.2) is 11.7 Å². The highest BCUT2D eigenvalue weighted by Crippen LogP contribution is 2.24. The Morgan fingerprint density at radius 2 is 1.84 bits per heavy atom. The minimum Gasteiger partial charge on any atom is -0.457 e. The van der Waals surface area contributed by atoms with E-state index in [0.29, 0.717) is 32.1 Å². The Hall–Kier alpha value is -2.57. The molecule has 132 valence electrons. The Morgan fingerprint density at radius 1 is 1.12 bits per heavy atom. The van der Waals surface area contributed by atoms with Crippen LogP contribution in [0.3, 0.4) is 0 Å². The number of benzene rings is 2. The monoisotopic (exact) mass is 341 g/mol. The van der Waals surface area contributed by atoms with Crippen molar-refractivity contribution in [2.45, 2.75) is 19.1 Å². The smallest absolute Gasteiger partial charge is 0.193 e. The first-order valence-electron chi connectivity index (χ1n) is 8.31. The minimum atomic E-state index is -0.548. The lowest BCUT2D eigenvalue weighted by molar-refractivity contribution is -0.144. The molecule has 0 spiro atoms. The largest absolute Gasteiger partial charge is 0.457 e. The van der Waals surface area contributed by atoms with Gasteiger partial charge in [-0.2, -0.15) is 0 Å². The summed E-state index contributed by atoms with van der Waals surface area (Å²) in [4.78, 5) is 4.32. The van der Waals surface area contributed by atoms with E-state index < -0.39 is 5.79 Å². The van der Waals surface area contributed by atoms with Crippen LogP contribution in [-0.4, -0.2) is 31.5 Å². The molecule has 1 aliphatic rings. The van der Waals surface area contributed by atoms with Crippen LogP contribution in [0.5, 0.6) is 11.5 Å². The zero-order chi connectivity index (χ0) is 17.5. The third-order valence-electron chi connectivity index (χ3n) is 3.83. The van der Waals surface area contributed by atoms with Crippen molar-refractivity contribution in [3.05, 3.63) is 54.6 Å². The second-order valence-electron chi connectivity index (χ2n) is 5.92. The molecule has 0 atom stereocenters. The Balaban J connectivity index is 1.55. The molecule has 1 heterocycles. The summed E-state index contributed by atoms with van der Waals surface area (Å²) < 4.78 is 16.9. The SMILES string of the molecule is CC1(CCN=C(N)Nc2cccc(Oc3ccccc3)c2)OCCO1. The lowest BCUT2D eigenvalue weighted by Gasteiger charge is -2.20. The number of nitrogens with two attached hydrogens (primary N) is 1. The molecular weight excluding hydrogens is 318 g/mol. The van der Waals surface area contributed by atoms with Gasteiger partial charge in [0.1, 0.15) is 11.5 Å². The van der Waals surface area contributed by atoms with Crippen LogP contribution >= 0.6 is 0 Å². The van der Waals surface area contributed by atoms with E-state index in [0.717, 1.165) is 17.2 Å². The van der Waals surface area contributed by atoms with E-state index in [1.807, 2.05) is 61.5 Å². The van der Waals surface area contributed by atoms with E-state index in [-0.39, 0.29) is 0 Å². The molecule has 0 aromatic heterocycles. The summed E-state index contributed by atoms with van der Waals surface area (Å²) in [6.45, 7) is 3.70. The van der Waals surface area contributed by atoms with Gasteiger partial charge in [0.2, 0.25) is 0 Å². The topological polar surface area (TPSA) is 78.1 Å². The fourth-order valence-electron chi connectivity index (χ4n) is 2.53. The van der Waals surface area contributed by atoms with Gasteiger partial charge >= 0.3 is 0 Å². The van der Waals surface area contributed by atoms with Crippen molar-refractivity contribution in [1.29, 1.82) is 0 Å². The Kier molecular flexibility index (Phi) is 5.53. The molecular formula is C19H23N3O3. The number of para-hydroxylation sites is 1. The molecule has 6 nitrogen and oxygen atoms in total. The second kappa shape index (κ2) is 8.00. The molecule has 0 bridgehead atoms. The zero-order valence-corrected chi connectivity index (χ0v) is 14.3. The molecule has 1 aliphatic heterocycles. The van der Waals surface area contributed by atoms with Crippen molar-refractivity contribution >= 4 is 11.6 Å². The van der Waals surface area contributed by atoms with E-state index in [1.165, 1.54) is 0 Å². The van der Waals surface area contributed by atoms with E-state index in [1.54, 1.807) is 0 Å². The maximum Gasteiger partial charge on any atom is 0.193 e. The Morgan fingerprint density at radius 3 is 2.60 bits per heavy atom. The van der Waals surface area contributed by atoms with Crippen LogP contribution < -0.4 is 15.8 Å². The number of guanidine groups is 1. The average Bonchev–Trinajstić information content (AvgIpc) is 3.03. The predicted octanol–water partition coefficient (Wildman–Crippen LogP) is 3.36. The maximum atomic E-state index is 5.95. The quantitative estimate of drug-likeness (QED) is 0.622. The number of aliphatic imine (C=N–C) groups is 1. The Bertz CT molecular complexity index is 713. The molecule has 0 amide bonds.